The number of hydrogen-bond donors (Lipinski definition) is 2. The van der Waals surface area contributed by atoms with Crippen molar-refractivity contribution in [2.75, 3.05) is 40.9 Å². The molecule has 0 rings (SSSR count). The number of nitrogens with zero attached hydrogens (tertiary/aromatic N) is 1. The molecule has 0 aromatic carbocycles. The van der Waals surface area contributed by atoms with Crippen LogP contribution < -0.4 is 5.32 Å². The van der Waals surface area contributed by atoms with Crippen molar-refractivity contribution in [1.82, 2.24) is 5.32 Å². The lowest BCUT2D eigenvalue weighted by Gasteiger charge is -2.27. The van der Waals surface area contributed by atoms with E-state index in [1.165, 1.54) is 205 Å². The first-order valence-electron chi connectivity index (χ1n) is 32.3. The second-order valence-electron chi connectivity index (χ2n) is 23.3. The Balaban J connectivity index is 5.23. The summed E-state index contributed by atoms with van der Waals surface area (Å²) in [5, 5.41) is 3.07. The molecule has 0 aliphatic rings. The lowest BCUT2D eigenvalue weighted by molar-refractivity contribution is -0.870. The van der Waals surface area contributed by atoms with Gasteiger partial charge >= 0.3 is 13.8 Å². The first-order valence-corrected chi connectivity index (χ1v) is 33.8. The van der Waals surface area contributed by atoms with E-state index in [-0.39, 0.29) is 31.5 Å². The molecule has 1 amide bonds. The van der Waals surface area contributed by atoms with Crippen molar-refractivity contribution in [2.45, 2.75) is 328 Å². The average molecular weight is 1080 g/mol. The van der Waals surface area contributed by atoms with Crippen molar-refractivity contribution in [2.24, 2.45) is 0 Å². The summed E-state index contributed by atoms with van der Waals surface area (Å²) in [6.07, 6.45) is 67.0. The zero-order valence-electron chi connectivity index (χ0n) is 50.6. The molecule has 0 aromatic heterocycles. The summed E-state index contributed by atoms with van der Waals surface area (Å²) in [6, 6.07) is -0.848. The van der Waals surface area contributed by atoms with E-state index in [9.17, 15) is 19.0 Å². The molecule has 2 N–H and O–H groups in total. The molecule has 75 heavy (non-hydrogen) atoms. The largest absolute Gasteiger partial charge is 0.472 e. The molecule has 0 saturated heterocycles. The number of carbonyl (C=O) groups is 2. The number of esters is 1. The van der Waals surface area contributed by atoms with Gasteiger partial charge in [0.15, 0.2) is 0 Å². The van der Waals surface area contributed by atoms with Gasteiger partial charge in [0.1, 0.15) is 19.3 Å². The predicted molar refractivity (Wildman–Crippen MR) is 323 cm³/mol. The highest BCUT2D eigenvalue weighted by Crippen LogP contribution is 2.43. The maximum Gasteiger partial charge on any atom is 0.472 e. The van der Waals surface area contributed by atoms with E-state index >= 15 is 0 Å². The molecule has 442 valence electrons. The maximum atomic E-state index is 13.6. The highest BCUT2D eigenvalue weighted by molar-refractivity contribution is 7.47. The molecule has 3 unspecified atom stereocenters. The number of phosphoric acid groups is 1. The summed E-state index contributed by atoms with van der Waals surface area (Å²) in [7, 11) is 1.50. The monoisotopic (exact) mass is 1080 g/mol. The Kier molecular flexibility index (Phi) is 54.2. The minimum absolute atomic E-state index is 0.0414. The van der Waals surface area contributed by atoms with Gasteiger partial charge in [0.2, 0.25) is 5.91 Å². The molecule has 0 spiro atoms. The highest BCUT2D eigenvalue weighted by atomic mass is 31.2. The molecular weight excluding hydrogens is 952 g/mol. The molecule has 0 bridgehead atoms. The molecule has 0 aliphatic carbocycles. The fourth-order valence-electron chi connectivity index (χ4n) is 9.56. The number of quaternary nitrogens is 1. The number of carbonyl (C=O) groups excluding carboxylic acids is 2. The van der Waals surface area contributed by atoms with Crippen LogP contribution in [0.2, 0.25) is 0 Å². The zero-order chi connectivity index (χ0) is 55.0. The van der Waals surface area contributed by atoms with Crippen molar-refractivity contribution in [3.8, 4) is 0 Å². The Morgan fingerprint density at radius 3 is 1.23 bits per heavy atom. The average Bonchev–Trinajstić information content (AvgIpc) is 3.37. The standard InChI is InChI=1S/C65H125N2O7P/c1-7-10-13-16-19-22-25-28-30-32-33-35-36-39-42-45-48-51-54-57-64(68)66-62(61-73-75(70,71)72-60-59-67(4,5)6)63(56-53-50-47-44-41-38-27-24-21-18-15-12-9-3)74-65(69)58-55-52-49-46-43-40-37-34-31-29-26-23-20-17-14-11-8-2/h20,23,29,31,53,56,62-63H,7-19,21-22,24-28,30,32-52,54-55,57-61H2,1-6H3,(H-,66,68,70,71)/p+1/b23-20-,31-29-,56-53+. The Labute approximate surface area is 466 Å². The summed E-state index contributed by atoms with van der Waals surface area (Å²) < 4.78 is 30.7. The van der Waals surface area contributed by atoms with Crippen LogP contribution >= 0.6 is 7.82 Å². The Bertz CT molecular complexity index is 1380. The molecule has 0 aliphatic heterocycles. The summed E-state index contributed by atoms with van der Waals surface area (Å²) >= 11 is 0. The Morgan fingerprint density at radius 1 is 0.467 bits per heavy atom. The molecule has 0 heterocycles. The van der Waals surface area contributed by atoms with Gasteiger partial charge in [0.25, 0.3) is 0 Å². The van der Waals surface area contributed by atoms with Crippen LogP contribution in [0.1, 0.15) is 316 Å². The summed E-state index contributed by atoms with van der Waals surface area (Å²) in [4.78, 5) is 37.8. The van der Waals surface area contributed by atoms with Crippen LogP contribution in [0.3, 0.4) is 0 Å². The highest BCUT2D eigenvalue weighted by Gasteiger charge is 2.30. The number of rotatable bonds is 59. The van der Waals surface area contributed by atoms with Gasteiger partial charge < -0.3 is 19.4 Å². The normalized spacial score (nSPS) is 13.9. The minimum atomic E-state index is -4.45. The second kappa shape index (κ2) is 55.5. The molecule has 10 heteroatoms. The predicted octanol–water partition coefficient (Wildman–Crippen LogP) is 19.9. The van der Waals surface area contributed by atoms with Crippen LogP contribution in [-0.4, -0.2) is 74.3 Å². The smallest absolute Gasteiger partial charge is 0.456 e. The van der Waals surface area contributed by atoms with Gasteiger partial charge in [-0.25, -0.2) is 4.57 Å². The van der Waals surface area contributed by atoms with Crippen LogP contribution in [-0.2, 0) is 27.9 Å². The Morgan fingerprint density at radius 2 is 0.813 bits per heavy atom. The molecule has 0 radical (unpaired) electrons. The molecule has 0 aromatic rings. The van der Waals surface area contributed by atoms with E-state index < -0.39 is 20.0 Å². The third-order valence-electron chi connectivity index (χ3n) is 14.6. The zero-order valence-corrected chi connectivity index (χ0v) is 51.5. The number of ether oxygens (including phenoxy) is 1. The lowest BCUT2D eigenvalue weighted by Crippen LogP contribution is -2.47. The van der Waals surface area contributed by atoms with Crippen molar-refractivity contribution in [1.29, 1.82) is 0 Å². The number of allylic oxidation sites excluding steroid dienone is 5. The SMILES string of the molecule is CCCCC/C=C\C/C=C\CCCCCCCCCC(=O)OC(/C=C/CCCCCCCCCCCCC)C(COP(=O)(O)OCC[N+](C)(C)C)NC(=O)CCCCCCCCCCCCCCCCCCCCC. The number of unbranched alkanes of at least 4 members (excludes halogenated alkanes) is 39. The third kappa shape index (κ3) is 56.8. The van der Waals surface area contributed by atoms with Crippen LogP contribution in [0.5, 0.6) is 0 Å². The fraction of sp³-hybridized carbons (Fsp3) is 0.877. The van der Waals surface area contributed by atoms with Crippen molar-refractivity contribution >= 4 is 19.7 Å². The molecule has 0 fully saturated rings. The topological polar surface area (TPSA) is 111 Å². The lowest BCUT2D eigenvalue weighted by atomic mass is 10.0. The van der Waals surface area contributed by atoms with Gasteiger partial charge in [-0.2, -0.15) is 0 Å². The van der Waals surface area contributed by atoms with Crippen LogP contribution in [0, 0.1) is 0 Å². The minimum Gasteiger partial charge on any atom is -0.456 e. The summed E-state index contributed by atoms with van der Waals surface area (Å²) in [5.74, 6) is -0.498. The first kappa shape index (κ1) is 73.2. The molecular formula is C65H126N2O7P+. The van der Waals surface area contributed by atoms with E-state index in [1.807, 2.05) is 33.3 Å². The van der Waals surface area contributed by atoms with Gasteiger partial charge in [-0.05, 0) is 63.9 Å². The first-order chi connectivity index (χ1) is 36.4. The molecule has 3 atom stereocenters. The van der Waals surface area contributed by atoms with Gasteiger partial charge in [-0.3, -0.25) is 18.6 Å². The van der Waals surface area contributed by atoms with Crippen LogP contribution in [0.15, 0.2) is 36.5 Å². The number of hydrogen-bond acceptors (Lipinski definition) is 6. The molecule has 0 saturated carbocycles. The van der Waals surface area contributed by atoms with Crippen LogP contribution in [0.25, 0.3) is 0 Å². The van der Waals surface area contributed by atoms with Crippen molar-refractivity contribution in [3.63, 3.8) is 0 Å². The second-order valence-corrected chi connectivity index (χ2v) is 24.7. The number of likely N-dealkylation sites (N-methyl/N-ethyl adjacent to an activating group) is 1. The summed E-state index contributed by atoms with van der Waals surface area (Å²) in [5.41, 5.74) is 0. The fourth-order valence-corrected chi connectivity index (χ4v) is 10.3. The van der Waals surface area contributed by atoms with Gasteiger partial charge in [-0.1, -0.05) is 276 Å². The van der Waals surface area contributed by atoms with E-state index in [2.05, 4.69) is 50.4 Å². The van der Waals surface area contributed by atoms with Crippen LogP contribution in [0.4, 0.5) is 0 Å². The van der Waals surface area contributed by atoms with E-state index in [1.54, 1.807) is 0 Å². The molecule has 9 nitrogen and oxygen atoms in total. The number of nitrogens with one attached hydrogen (secondary N) is 1. The Hall–Kier alpha value is -1.77. The van der Waals surface area contributed by atoms with Gasteiger partial charge in [-0.15, -0.1) is 0 Å². The number of phosphoric ester groups is 1. The summed E-state index contributed by atoms with van der Waals surface area (Å²) in [6.45, 7) is 7.03. The van der Waals surface area contributed by atoms with E-state index in [0.717, 1.165) is 77.0 Å². The van der Waals surface area contributed by atoms with Crippen molar-refractivity contribution < 1.29 is 37.3 Å². The van der Waals surface area contributed by atoms with E-state index in [0.29, 0.717) is 17.4 Å². The van der Waals surface area contributed by atoms with Gasteiger partial charge in [0, 0.05) is 12.8 Å². The van der Waals surface area contributed by atoms with Gasteiger partial charge in [0.05, 0.1) is 33.8 Å². The third-order valence-corrected chi connectivity index (χ3v) is 15.6. The maximum absolute atomic E-state index is 13.6. The quantitative estimate of drug-likeness (QED) is 0.0205. The van der Waals surface area contributed by atoms with Crippen molar-refractivity contribution in [3.05, 3.63) is 36.5 Å². The number of amides is 1. The van der Waals surface area contributed by atoms with E-state index in [4.69, 9.17) is 13.8 Å².